The Morgan fingerprint density at radius 3 is 2.56 bits per heavy atom. The van der Waals surface area contributed by atoms with Crippen LogP contribution in [0.25, 0.3) is 16.7 Å². The Morgan fingerprint density at radius 2 is 1.84 bits per heavy atom. The summed E-state index contributed by atoms with van der Waals surface area (Å²) in [5.41, 5.74) is 0.502. The molecule has 0 atom stereocenters. The molecule has 0 aliphatic rings. The van der Waals surface area contributed by atoms with Crippen molar-refractivity contribution in [2.75, 3.05) is 6.61 Å². The quantitative estimate of drug-likeness (QED) is 0.430. The van der Waals surface area contributed by atoms with E-state index >= 15 is 0 Å². The van der Waals surface area contributed by atoms with E-state index in [1.54, 1.807) is 42.5 Å². The largest absolute Gasteiger partial charge is 0.546 e. The van der Waals surface area contributed by atoms with Crippen LogP contribution in [-0.2, 0) is 11.0 Å². The smallest absolute Gasteiger partial charge is 0.416 e. The van der Waals surface area contributed by atoms with E-state index in [0.717, 1.165) is 18.2 Å². The van der Waals surface area contributed by atoms with Crippen LogP contribution in [0.2, 0.25) is 5.02 Å². The monoisotopic (exact) mass is 462 g/mol. The van der Waals surface area contributed by atoms with Gasteiger partial charge in [0.15, 0.2) is 0 Å². The van der Waals surface area contributed by atoms with E-state index in [-0.39, 0.29) is 22.3 Å². The van der Waals surface area contributed by atoms with Crippen molar-refractivity contribution in [1.82, 2.24) is 15.0 Å². The van der Waals surface area contributed by atoms with Gasteiger partial charge in [0.05, 0.1) is 22.1 Å². The number of aromatic nitrogens is 3. The lowest BCUT2D eigenvalue weighted by molar-refractivity contribution is -0.307. The molecule has 0 aliphatic carbocycles. The van der Waals surface area contributed by atoms with E-state index in [9.17, 15) is 23.1 Å². The number of carboxylic acid groups (broad SMARTS) is 1. The number of carbonyl (C=O) groups excluding carboxylic acids is 1. The number of nitrogens with zero attached hydrogens (tertiary/aromatic N) is 3. The molecule has 0 amide bonds. The molecule has 4 aromatic rings. The van der Waals surface area contributed by atoms with Crippen LogP contribution >= 0.6 is 11.6 Å². The van der Waals surface area contributed by atoms with Gasteiger partial charge in [-0.2, -0.15) is 13.2 Å². The predicted octanol–water partition coefficient (Wildman–Crippen LogP) is 4.01. The minimum Gasteiger partial charge on any atom is -0.546 e. The molecular weight excluding hydrogens is 451 g/mol. The van der Waals surface area contributed by atoms with Crippen LogP contribution in [0.3, 0.4) is 0 Å². The maximum Gasteiger partial charge on any atom is 0.416 e. The number of aliphatic carboxylic acids is 1. The highest BCUT2D eigenvalue weighted by Gasteiger charge is 2.31. The van der Waals surface area contributed by atoms with Gasteiger partial charge in [0.1, 0.15) is 35.1 Å². The van der Waals surface area contributed by atoms with Crippen molar-refractivity contribution < 1.29 is 32.5 Å². The molecule has 0 saturated carbocycles. The molecule has 1 heterocycles. The molecule has 0 fully saturated rings. The van der Waals surface area contributed by atoms with Gasteiger partial charge in [0.25, 0.3) is 0 Å². The highest BCUT2D eigenvalue weighted by atomic mass is 35.5. The fraction of sp³-hybridized carbons (Fsp3) is 0.0952. The lowest BCUT2D eigenvalue weighted by atomic mass is 10.2. The molecule has 0 spiro atoms. The van der Waals surface area contributed by atoms with E-state index in [4.69, 9.17) is 21.1 Å². The molecule has 0 aliphatic heterocycles. The Bertz CT molecular complexity index is 1310. The fourth-order valence-corrected chi connectivity index (χ4v) is 3.14. The number of alkyl halides is 3. The molecule has 32 heavy (non-hydrogen) atoms. The van der Waals surface area contributed by atoms with Gasteiger partial charge >= 0.3 is 6.18 Å². The first-order chi connectivity index (χ1) is 15.2. The minimum atomic E-state index is -4.52. The fourth-order valence-electron chi connectivity index (χ4n) is 2.92. The van der Waals surface area contributed by atoms with Crippen molar-refractivity contribution in [3.8, 4) is 22.9 Å². The van der Waals surface area contributed by atoms with Crippen molar-refractivity contribution in [1.29, 1.82) is 0 Å². The summed E-state index contributed by atoms with van der Waals surface area (Å²) in [5, 5.41) is 18.7. The first-order valence-corrected chi connectivity index (χ1v) is 9.42. The van der Waals surface area contributed by atoms with Gasteiger partial charge in [-0.05, 0) is 42.5 Å². The van der Waals surface area contributed by atoms with E-state index in [1.165, 1.54) is 4.68 Å². The van der Waals surface area contributed by atoms with Crippen molar-refractivity contribution in [3.05, 3.63) is 71.2 Å². The number of para-hydroxylation sites is 2. The van der Waals surface area contributed by atoms with Crippen molar-refractivity contribution >= 4 is 28.6 Å². The summed E-state index contributed by atoms with van der Waals surface area (Å²) in [6, 6.07) is 14.1. The normalized spacial score (nSPS) is 11.5. The molecular formula is C21H12ClF3N3O4-. The van der Waals surface area contributed by atoms with Crippen LogP contribution < -0.4 is 14.6 Å². The molecule has 164 valence electrons. The Labute approximate surface area is 183 Å². The average Bonchev–Trinajstić information content (AvgIpc) is 3.16. The predicted molar refractivity (Wildman–Crippen MR) is 106 cm³/mol. The summed E-state index contributed by atoms with van der Waals surface area (Å²) in [6.45, 7) is -0.648. The number of hydrogen-bond donors (Lipinski definition) is 0. The molecule has 0 bridgehead atoms. The van der Waals surface area contributed by atoms with Crippen LogP contribution in [-0.4, -0.2) is 27.6 Å². The van der Waals surface area contributed by atoms with Gasteiger partial charge in [0.2, 0.25) is 0 Å². The van der Waals surface area contributed by atoms with Gasteiger partial charge in [-0.1, -0.05) is 28.9 Å². The summed E-state index contributed by atoms with van der Waals surface area (Å²) >= 11 is 5.97. The Hall–Kier alpha value is -3.79. The Kier molecular flexibility index (Phi) is 5.62. The summed E-state index contributed by atoms with van der Waals surface area (Å²) in [5.74, 6) is -0.834. The number of rotatable bonds is 6. The van der Waals surface area contributed by atoms with Crippen molar-refractivity contribution in [3.63, 3.8) is 0 Å². The van der Waals surface area contributed by atoms with Crippen LogP contribution in [0, 0.1) is 0 Å². The highest BCUT2D eigenvalue weighted by molar-refractivity contribution is 6.32. The zero-order chi connectivity index (χ0) is 22.9. The molecule has 3 aromatic carbocycles. The molecule has 0 unspecified atom stereocenters. The minimum absolute atomic E-state index is 0.0377. The molecule has 0 saturated heterocycles. The highest BCUT2D eigenvalue weighted by Crippen LogP contribution is 2.37. The number of fused-ring (bicyclic) bond motifs is 1. The molecule has 0 N–H and O–H groups in total. The second-order valence-electron chi connectivity index (χ2n) is 6.53. The summed E-state index contributed by atoms with van der Waals surface area (Å²) in [6.07, 6.45) is -4.52. The number of ether oxygens (including phenoxy) is 2. The zero-order valence-electron chi connectivity index (χ0n) is 16.0. The van der Waals surface area contributed by atoms with E-state index in [1.807, 2.05) is 0 Å². The molecule has 1 aromatic heterocycles. The summed E-state index contributed by atoms with van der Waals surface area (Å²) in [4.78, 5) is 10.7. The van der Waals surface area contributed by atoms with Crippen molar-refractivity contribution in [2.45, 2.75) is 6.18 Å². The Balaban J connectivity index is 1.68. The number of hydrogen-bond acceptors (Lipinski definition) is 6. The lowest BCUT2D eigenvalue weighted by Crippen LogP contribution is -2.29. The van der Waals surface area contributed by atoms with Crippen LogP contribution in [0.15, 0.2) is 60.7 Å². The summed E-state index contributed by atoms with van der Waals surface area (Å²) in [7, 11) is 0. The van der Waals surface area contributed by atoms with E-state index < -0.39 is 24.3 Å². The SMILES string of the molecule is O=C([O-])COc1ccccc1-n1nnc2ccc(Oc3ccc(C(F)(F)F)cc3Cl)cc21. The van der Waals surface area contributed by atoms with Crippen LogP contribution in [0.1, 0.15) is 5.56 Å². The lowest BCUT2D eigenvalue weighted by Gasteiger charge is -2.13. The number of halogens is 4. The van der Waals surface area contributed by atoms with E-state index in [2.05, 4.69) is 10.3 Å². The van der Waals surface area contributed by atoms with Crippen LogP contribution in [0.5, 0.6) is 17.2 Å². The van der Waals surface area contributed by atoms with Gasteiger partial charge < -0.3 is 19.4 Å². The van der Waals surface area contributed by atoms with Gasteiger partial charge in [-0.15, -0.1) is 5.10 Å². The van der Waals surface area contributed by atoms with E-state index in [0.29, 0.717) is 16.7 Å². The third-order valence-corrected chi connectivity index (χ3v) is 4.64. The van der Waals surface area contributed by atoms with Gasteiger partial charge in [0, 0.05) is 6.07 Å². The standard InChI is InChI=1S/C21H13ClF3N3O4/c22-14-9-12(21(23,24)25)5-8-18(14)32-13-6-7-15-17(10-13)28(27-26-15)16-3-1-2-4-19(16)31-11-20(29)30/h1-10H,11H2,(H,29,30)/p-1. The first kappa shape index (κ1) is 21.4. The topological polar surface area (TPSA) is 89.3 Å². The summed E-state index contributed by atoms with van der Waals surface area (Å²) < 4.78 is 50.9. The molecule has 7 nitrogen and oxygen atoms in total. The molecule has 4 rings (SSSR count). The van der Waals surface area contributed by atoms with Crippen molar-refractivity contribution in [2.24, 2.45) is 0 Å². The number of carboxylic acids is 1. The molecule has 0 radical (unpaired) electrons. The Morgan fingerprint density at radius 1 is 1.06 bits per heavy atom. The second-order valence-corrected chi connectivity index (χ2v) is 6.93. The number of benzene rings is 3. The number of carbonyl (C=O) groups is 1. The van der Waals surface area contributed by atoms with Crippen LogP contribution in [0.4, 0.5) is 13.2 Å². The maximum atomic E-state index is 12.8. The van der Waals surface area contributed by atoms with Gasteiger partial charge in [-0.25, -0.2) is 4.68 Å². The third-order valence-electron chi connectivity index (χ3n) is 4.34. The first-order valence-electron chi connectivity index (χ1n) is 9.04. The second kappa shape index (κ2) is 8.39. The average molecular weight is 463 g/mol. The molecule has 11 heteroatoms. The van der Waals surface area contributed by atoms with Gasteiger partial charge in [-0.3, -0.25) is 0 Å². The maximum absolute atomic E-state index is 12.8. The third kappa shape index (κ3) is 4.45. The zero-order valence-corrected chi connectivity index (χ0v) is 16.7.